The molecule has 5 heteroatoms. The van der Waals surface area contributed by atoms with Gasteiger partial charge in [0.15, 0.2) is 11.6 Å². The fourth-order valence-corrected chi connectivity index (χ4v) is 2.57. The van der Waals surface area contributed by atoms with Gasteiger partial charge in [-0.25, -0.2) is 13.2 Å². The third kappa shape index (κ3) is 3.79. The molecule has 0 saturated carbocycles. The smallest absolute Gasteiger partial charge is 0.161 e. The minimum atomic E-state index is -1.20. The molecular formula is C16H14BrF3O. The third-order valence-electron chi connectivity index (χ3n) is 2.84. The van der Waals surface area contributed by atoms with Crippen molar-refractivity contribution in [2.24, 2.45) is 0 Å². The summed E-state index contributed by atoms with van der Waals surface area (Å²) in [4.78, 5) is -0.594. The molecule has 0 saturated heterocycles. The average Bonchev–Trinajstić information content (AvgIpc) is 2.41. The zero-order chi connectivity index (χ0) is 15.6. The Morgan fingerprint density at radius 1 is 0.952 bits per heavy atom. The van der Waals surface area contributed by atoms with Crippen molar-refractivity contribution in [1.82, 2.24) is 0 Å². The highest BCUT2D eigenvalue weighted by Crippen LogP contribution is 2.35. The molecule has 0 amide bonds. The summed E-state index contributed by atoms with van der Waals surface area (Å²) in [7, 11) is 0. The molecule has 2 aromatic carbocycles. The standard InChI is InChI=1S/C16H14BrF3O/c1-9(2)21-11-5-3-4-10(6-11)16(17)12-7-14(19)15(20)8-13(12)18/h3-9,16H,1-2H3. The largest absolute Gasteiger partial charge is 0.491 e. The van der Waals surface area contributed by atoms with E-state index in [4.69, 9.17) is 4.74 Å². The van der Waals surface area contributed by atoms with Crippen molar-refractivity contribution in [3.8, 4) is 5.75 Å². The summed E-state index contributed by atoms with van der Waals surface area (Å²) in [5, 5.41) is 0. The van der Waals surface area contributed by atoms with Crippen molar-refractivity contribution < 1.29 is 17.9 Å². The number of ether oxygens (including phenoxy) is 1. The van der Waals surface area contributed by atoms with Crippen LogP contribution in [-0.4, -0.2) is 6.10 Å². The maximum absolute atomic E-state index is 13.8. The van der Waals surface area contributed by atoms with Gasteiger partial charge in [-0.3, -0.25) is 0 Å². The first kappa shape index (κ1) is 15.9. The molecule has 0 aliphatic heterocycles. The second-order valence-corrected chi connectivity index (χ2v) is 5.81. The minimum Gasteiger partial charge on any atom is -0.491 e. The van der Waals surface area contributed by atoms with Crippen LogP contribution in [-0.2, 0) is 0 Å². The lowest BCUT2D eigenvalue weighted by Gasteiger charge is -2.15. The molecule has 21 heavy (non-hydrogen) atoms. The SMILES string of the molecule is CC(C)Oc1cccc(C(Br)c2cc(F)c(F)cc2F)c1. The van der Waals surface area contributed by atoms with Crippen LogP contribution in [0.1, 0.15) is 29.8 Å². The molecule has 0 aromatic heterocycles. The summed E-state index contributed by atoms with van der Waals surface area (Å²) in [6.45, 7) is 3.79. The first-order valence-electron chi connectivity index (χ1n) is 6.43. The summed E-state index contributed by atoms with van der Waals surface area (Å²) >= 11 is 3.32. The van der Waals surface area contributed by atoms with Gasteiger partial charge in [-0.2, -0.15) is 0 Å². The lowest BCUT2D eigenvalue weighted by molar-refractivity contribution is 0.242. The quantitative estimate of drug-likeness (QED) is 0.526. The fourth-order valence-electron chi connectivity index (χ4n) is 1.93. The van der Waals surface area contributed by atoms with Gasteiger partial charge in [0.05, 0.1) is 10.9 Å². The van der Waals surface area contributed by atoms with E-state index in [-0.39, 0.29) is 11.7 Å². The highest BCUT2D eigenvalue weighted by atomic mass is 79.9. The lowest BCUT2D eigenvalue weighted by Crippen LogP contribution is -2.06. The molecule has 0 bridgehead atoms. The summed E-state index contributed by atoms with van der Waals surface area (Å²) in [5.41, 5.74) is 0.730. The van der Waals surface area contributed by atoms with E-state index in [0.29, 0.717) is 17.4 Å². The van der Waals surface area contributed by atoms with Crippen molar-refractivity contribution in [3.63, 3.8) is 0 Å². The number of alkyl halides is 1. The van der Waals surface area contributed by atoms with Gasteiger partial charge in [0, 0.05) is 11.6 Å². The van der Waals surface area contributed by atoms with E-state index in [1.807, 2.05) is 13.8 Å². The van der Waals surface area contributed by atoms with Crippen LogP contribution in [0.25, 0.3) is 0 Å². The van der Waals surface area contributed by atoms with Gasteiger partial charge in [0.1, 0.15) is 11.6 Å². The van der Waals surface area contributed by atoms with E-state index >= 15 is 0 Å². The van der Waals surface area contributed by atoms with Gasteiger partial charge in [-0.1, -0.05) is 28.1 Å². The van der Waals surface area contributed by atoms with Crippen LogP contribution < -0.4 is 4.74 Å². The Kier molecular flexibility index (Phi) is 4.93. The van der Waals surface area contributed by atoms with Crippen molar-refractivity contribution in [2.45, 2.75) is 24.8 Å². The Labute approximate surface area is 129 Å². The molecule has 112 valence electrons. The molecule has 0 aliphatic carbocycles. The van der Waals surface area contributed by atoms with Crippen LogP contribution in [0.15, 0.2) is 36.4 Å². The number of rotatable bonds is 4. The zero-order valence-corrected chi connectivity index (χ0v) is 13.1. The van der Waals surface area contributed by atoms with E-state index in [0.717, 1.165) is 6.07 Å². The third-order valence-corrected chi connectivity index (χ3v) is 3.86. The Bertz CT molecular complexity index is 643. The molecular weight excluding hydrogens is 345 g/mol. The average molecular weight is 359 g/mol. The Morgan fingerprint density at radius 3 is 2.29 bits per heavy atom. The summed E-state index contributed by atoms with van der Waals surface area (Å²) in [6, 6.07) is 8.45. The second-order valence-electron chi connectivity index (χ2n) is 4.89. The minimum absolute atomic E-state index is 0.00836. The molecule has 0 heterocycles. The Morgan fingerprint density at radius 2 is 1.62 bits per heavy atom. The highest BCUT2D eigenvalue weighted by molar-refractivity contribution is 9.09. The Balaban J connectivity index is 2.36. The van der Waals surface area contributed by atoms with Gasteiger partial charge in [-0.15, -0.1) is 0 Å². The van der Waals surface area contributed by atoms with Crippen LogP contribution >= 0.6 is 15.9 Å². The summed E-state index contributed by atoms with van der Waals surface area (Å²) in [5.74, 6) is -2.45. The number of benzene rings is 2. The van der Waals surface area contributed by atoms with Crippen LogP contribution in [0.5, 0.6) is 5.75 Å². The van der Waals surface area contributed by atoms with Crippen molar-refractivity contribution >= 4 is 15.9 Å². The molecule has 1 unspecified atom stereocenters. The van der Waals surface area contributed by atoms with E-state index in [1.54, 1.807) is 24.3 Å². The molecule has 0 fully saturated rings. The molecule has 0 N–H and O–H groups in total. The number of halogens is 4. The number of hydrogen-bond acceptors (Lipinski definition) is 1. The van der Waals surface area contributed by atoms with Crippen LogP contribution in [0, 0.1) is 17.5 Å². The van der Waals surface area contributed by atoms with E-state index in [2.05, 4.69) is 15.9 Å². The van der Waals surface area contributed by atoms with Gasteiger partial charge < -0.3 is 4.74 Å². The highest BCUT2D eigenvalue weighted by Gasteiger charge is 2.18. The monoisotopic (exact) mass is 358 g/mol. The predicted molar refractivity (Wildman–Crippen MR) is 79.3 cm³/mol. The van der Waals surface area contributed by atoms with E-state index in [1.165, 1.54) is 0 Å². The molecule has 2 rings (SSSR count). The first-order chi connectivity index (χ1) is 9.88. The normalized spacial score (nSPS) is 12.5. The second kappa shape index (κ2) is 6.52. The summed E-state index contributed by atoms with van der Waals surface area (Å²) in [6.07, 6.45) is 0.00836. The predicted octanol–water partition coefficient (Wildman–Crippen LogP) is 5.38. The van der Waals surface area contributed by atoms with Crippen LogP contribution in [0.3, 0.4) is 0 Å². The number of hydrogen-bond donors (Lipinski definition) is 0. The fraction of sp³-hybridized carbons (Fsp3) is 0.250. The Hall–Kier alpha value is -1.49. The van der Waals surface area contributed by atoms with Gasteiger partial charge in [-0.05, 0) is 37.6 Å². The van der Waals surface area contributed by atoms with Crippen LogP contribution in [0.4, 0.5) is 13.2 Å². The topological polar surface area (TPSA) is 9.23 Å². The maximum atomic E-state index is 13.8. The first-order valence-corrected chi connectivity index (χ1v) is 7.35. The molecule has 0 radical (unpaired) electrons. The van der Waals surface area contributed by atoms with Crippen molar-refractivity contribution in [3.05, 3.63) is 65.0 Å². The van der Waals surface area contributed by atoms with Gasteiger partial charge in [0.25, 0.3) is 0 Å². The van der Waals surface area contributed by atoms with Gasteiger partial charge >= 0.3 is 0 Å². The molecule has 2 aromatic rings. The van der Waals surface area contributed by atoms with E-state index < -0.39 is 22.3 Å². The molecule has 1 atom stereocenters. The molecule has 1 nitrogen and oxygen atoms in total. The lowest BCUT2D eigenvalue weighted by atomic mass is 10.0. The van der Waals surface area contributed by atoms with Gasteiger partial charge in [0.2, 0.25) is 0 Å². The molecule has 0 aliphatic rings. The summed E-state index contributed by atoms with van der Waals surface area (Å²) < 4.78 is 45.7. The maximum Gasteiger partial charge on any atom is 0.161 e. The van der Waals surface area contributed by atoms with Crippen molar-refractivity contribution in [1.29, 1.82) is 0 Å². The molecule has 0 spiro atoms. The van der Waals surface area contributed by atoms with Crippen molar-refractivity contribution in [2.75, 3.05) is 0 Å². The van der Waals surface area contributed by atoms with E-state index in [9.17, 15) is 13.2 Å². The van der Waals surface area contributed by atoms with Crippen LogP contribution in [0.2, 0.25) is 0 Å². The zero-order valence-electron chi connectivity index (χ0n) is 11.5.